The number of fused-ring (bicyclic) bond motifs is 1. The predicted octanol–water partition coefficient (Wildman–Crippen LogP) is 3.11. The largest absolute Gasteiger partial charge is 0.504 e. The minimum atomic E-state index is -0.0343. The van der Waals surface area contributed by atoms with E-state index in [-0.39, 0.29) is 31.4 Å². The number of rotatable bonds is 4. The van der Waals surface area contributed by atoms with Gasteiger partial charge in [0.25, 0.3) is 5.91 Å². The maximum Gasteiger partial charge on any atom is 0.253 e. The second kappa shape index (κ2) is 9.47. The first kappa shape index (κ1) is 22.1. The number of piperazine rings is 1. The van der Waals surface area contributed by atoms with Crippen molar-refractivity contribution in [1.29, 1.82) is 0 Å². The molecule has 1 aromatic heterocycles. The second-order valence-corrected chi connectivity index (χ2v) is 7.27. The molecular weight excluding hydrogens is 394 g/mol. The van der Waals surface area contributed by atoms with Gasteiger partial charge in [0.2, 0.25) is 5.91 Å². The van der Waals surface area contributed by atoms with E-state index >= 15 is 0 Å². The molecule has 2 heterocycles. The highest BCUT2D eigenvalue weighted by molar-refractivity contribution is 5.98. The van der Waals surface area contributed by atoms with Crippen LogP contribution < -0.4 is 4.74 Å². The molecule has 0 aliphatic carbocycles. The summed E-state index contributed by atoms with van der Waals surface area (Å²) in [6.45, 7) is 1.96. The Bertz CT molecular complexity index is 1090. The molecule has 1 N–H and O–H groups in total. The van der Waals surface area contributed by atoms with Crippen molar-refractivity contribution in [1.82, 2.24) is 14.8 Å². The molecule has 1 fully saturated rings. The number of nitrogens with zero attached hydrogens (tertiary/aromatic N) is 3. The van der Waals surface area contributed by atoms with Gasteiger partial charge < -0.3 is 19.6 Å². The van der Waals surface area contributed by atoms with Crippen molar-refractivity contribution in [2.45, 2.75) is 13.8 Å². The lowest BCUT2D eigenvalue weighted by molar-refractivity contribution is -0.131. The number of ether oxygens (including phenoxy) is 1. The number of hydrogen-bond donors (Lipinski definition) is 1. The molecule has 0 radical (unpaired) electrons. The molecular formula is C24H27N3O4. The van der Waals surface area contributed by atoms with Crippen LogP contribution in [0.15, 0.2) is 54.7 Å². The third kappa shape index (κ3) is 4.77. The van der Waals surface area contributed by atoms with E-state index < -0.39 is 0 Å². The number of benzene rings is 2. The first-order chi connectivity index (χ1) is 14.5. The average molecular weight is 421 g/mol. The van der Waals surface area contributed by atoms with Gasteiger partial charge >= 0.3 is 0 Å². The zero-order valence-corrected chi connectivity index (χ0v) is 16.7. The van der Waals surface area contributed by atoms with Gasteiger partial charge in [-0.3, -0.25) is 14.6 Å². The van der Waals surface area contributed by atoms with Crippen molar-refractivity contribution in [2.75, 3.05) is 33.3 Å². The molecule has 1 aliphatic rings. The molecule has 2 aromatic carbocycles. The average Bonchev–Trinajstić information content (AvgIpc) is 2.78. The summed E-state index contributed by atoms with van der Waals surface area (Å²) < 4.78 is 5.03. The zero-order valence-electron chi connectivity index (χ0n) is 16.7. The summed E-state index contributed by atoms with van der Waals surface area (Å²) in [6, 6.07) is 14.3. The van der Waals surface area contributed by atoms with Gasteiger partial charge in [-0.05, 0) is 42.0 Å². The smallest absolute Gasteiger partial charge is 0.253 e. The van der Waals surface area contributed by atoms with Gasteiger partial charge in [-0.25, -0.2) is 0 Å². The van der Waals surface area contributed by atoms with Crippen molar-refractivity contribution in [3.63, 3.8) is 0 Å². The van der Waals surface area contributed by atoms with Crippen molar-refractivity contribution in [3.05, 3.63) is 65.9 Å². The summed E-state index contributed by atoms with van der Waals surface area (Å²) in [5, 5.41) is 10.8. The SMILES string of the molecule is C.COc1ccc(CC(=O)N2CCN(C(=O)c3ccc4ncccc4c3)CC2)cc1O. The Morgan fingerprint density at radius 1 is 1.03 bits per heavy atom. The monoisotopic (exact) mass is 421 g/mol. The minimum Gasteiger partial charge on any atom is -0.504 e. The molecule has 0 unspecified atom stereocenters. The lowest BCUT2D eigenvalue weighted by Gasteiger charge is -2.35. The topological polar surface area (TPSA) is 83.0 Å². The zero-order chi connectivity index (χ0) is 21.1. The van der Waals surface area contributed by atoms with Crippen molar-refractivity contribution in [2.24, 2.45) is 0 Å². The molecule has 1 saturated heterocycles. The second-order valence-electron chi connectivity index (χ2n) is 7.27. The van der Waals surface area contributed by atoms with Crippen LogP contribution >= 0.6 is 0 Å². The van der Waals surface area contributed by atoms with E-state index in [1.165, 1.54) is 7.11 Å². The molecule has 0 bridgehead atoms. The van der Waals surface area contributed by atoms with E-state index in [4.69, 9.17) is 4.74 Å². The van der Waals surface area contributed by atoms with Gasteiger partial charge in [0.15, 0.2) is 11.5 Å². The predicted molar refractivity (Wildman–Crippen MR) is 119 cm³/mol. The quantitative estimate of drug-likeness (QED) is 0.700. The lowest BCUT2D eigenvalue weighted by Crippen LogP contribution is -2.51. The van der Waals surface area contributed by atoms with Crippen LogP contribution in [-0.4, -0.2) is 65.0 Å². The summed E-state index contributed by atoms with van der Waals surface area (Å²) >= 11 is 0. The van der Waals surface area contributed by atoms with Crippen LogP contribution in [0.25, 0.3) is 10.9 Å². The molecule has 0 spiro atoms. The Morgan fingerprint density at radius 2 is 1.77 bits per heavy atom. The van der Waals surface area contributed by atoms with Crippen LogP contribution in [0.1, 0.15) is 23.3 Å². The van der Waals surface area contributed by atoms with Gasteiger partial charge in [0.05, 0.1) is 19.0 Å². The highest BCUT2D eigenvalue weighted by atomic mass is 16.5. The fraction of sp³-hybridized carbons (Fsp3) is 0.292. The maximum absolute atomic E-state index is 12.9. The first-order valence-corrected chi connectivity index (χ1v) is 9.83. The molecule has 7 nitrogen and oxygen atoms in total. The fourth-order valence-corrected chi connectivity index (χ4v) is 3.68. The molecule has 0 atom stereocenters. The van der Waals surface area contributed by atoms with E-state index in [2.05, 4.69) is 4.98 Å². The van der Waals surface area contributed by atoms with Crippen LogP contribution in [0, 0.1) is 0 Å². The lowest BCUT2D eigenvalue weighted by atomic mass is 10.1. The van der Waals surface area contributed by atoms with Gasteiger partial charge in [0.1, 0.15) is 0 Å². The number of aromatic hydroxyl groups is 1. The van der Waals surface area contributed by atoms with Gasteiger partial charge in [0, 0.05) is 43.3 Å². The van der Waals surface area contributed by atoms with Crippen LogP contribution in [0.4, 0.5) is 0 Å². The van der Waals surface area contributed by atoms with Crippen LogP contribution in [-0.2, 0) is 11.2 Å². The Hall–Kier alpha value is -3.61. The van der Waals surface area contributed by atoms with E-state index in [1.54, 1.807) is 40.3 Å². The van der Waals surface area contributed by atoms with E-state index in [1.807, 2.05) is 24.3 Å². The Balaban J connectivity index is 0.00000272. The molecule has 1 aliphatic heterocycles. The Morgan fingerprint density at radius 3 is 2.48 bits per heavy atom. The van der Waals surface area contributed by atoms with Gasteiger partial charge in [-0.2, -0.15) is 0 Å². The number of pyridine rings is 1. The van der Waals surface area contributed by atoms with Gasteiger partial charge in [-0.1, -0.05) is 19.6 Å². The molecule has 7 heteroatoms. The summed E-state index contributed by atoms with van der Waals surface area (Å²) in [5.41, 5.74) is 2.21. The van der Waals surface area contributed by atoms with Gasteiger partial charge in [-0.15, -0.1) is 0 Å². The standard InChI is InChI=1S/C23H23N3O4.CH4/c1-30-21-7-4-16(13-20(21)27)14-22(28)25-9-11-26(12-10-25)23(29)18-5-6-19-17(15-18)3-2-8-24-19;/h2-8,13,15,27H,9-12,14H2,1H3;1H4. The third-order valence-corrected chi connectivity index (χ3v) is 5.37. The molecule has 2 amide bonds. The number of phenolic OH excluding ortho intramolecular Hbond substituents is 1. The number of carbonyl (C=O) groups is 2. The van der Waals surface area contributed by atoms with Crippen LogP contribution in [0.5, 0.6) is 11.5 Å². The summed E-state index contributed by atoms with van der Waals surface area (Å²) in [6.07, 6.45) is 1.93. The first-order valence-electron chi connectivity index (χ1n) is 9.83. The molecule has 31 heavy (non-hydrogen) atoms. The number of hydrogen-bond acceptors (Lipinski definition) is 5. The van der Waals surface area contributed by atoms with Crippen LogP contribution in [0.2, 0.25) is 0 Å². The van der Waals surface area contributed by atoms with Crippen LogP contribution in [0.3, 0.4) is 0 Å². The summed E-state index contributed by atoms with van der Waals surface area (Å²) in [5.74, 6) is 0.336. The number of methoxy groups -OCH3 is 1. The summed E-state index contributed by atoms with van der Waals surface area (Å²) in [7, 11) is 1.48. The molecule has 0 saturated carbocycles. The number of aromatic nitrogens is 1. The Kier molecular flexibility index (Phi) is 6.74. The number of carbonyl (C=O) groups excluding carboxylic acids is 2. The van der Waals surface area contributed by atoms with E-state index in [0.29, 0.717) is 37.5 Å². The normalized spacial score (nSPS) is 13.6. The van der Waals surface area contributed by atoms with E-state index in [9.17, 15) is 14.7 Å². The van der Waals surface area contributed by atoms with Crippen molar-refractivity contribution in [3.8, 4) is 11.5 Å². The molecule has 162 valence electrons. The maximum atomic E-state index is 12.9. The van der Waals surface area contributed by atoms with Crippen molar-refractivity contribution >= 4 is 22.7 Å². The summed E-state index contributed by atoms with van der Waals surface area (Å²) in [4.78, 5) is 33.3. The Labute approximate surface area is 181 Å². The fourth-order valence-electron chi connectivity index (χ4n) is 3.68. The number of phenols is 1. The molecule has 3 aromatic rings. The molecule has 4 rings (SSSR count). The van der Waals surface area contributed by atoms with E-state index in [0.717, 1.165) is 16.5 Å². The third-order valence-electron chi connectivity index (χ3n) is 5.37. The highest BCUT2D eigenvalue weighted by Crippen LogP contribution is 2.26. The van der Waals surface area contributed by atoms with Crippen molar-refractivity contribution < 1.29 is 19.4 Å². The highest BCUT2D eigenvalue weighted by Gasteiger charge is 2.25. The number of amides is 2. The minimum absolute atomic E-state index is 0.